The average molecular weight is 220 g/mol. The molecule has 1 heterocycles. The maximum Gasteiger partial charge on any atom is 0.335 e. The van der Waals surface area contributed by atoms with E-state index < -0.39 is 10.9 Å². The standard InChI is InChI=1S/C10H8N2O4/c1-11-5-9(12(15)16)7-4-6(10(13)14)2-3-8(7)11/h2-5H,1H3,(H,13,14). The lowest BCUT2D eigenvalue weighted by Crippen LogP contribution is -1.95. The number of nitro groups is 1. The highest BCUT2D eigenvalue weighted by Gasteiger charge is 2.17. The van der Waals surface area contributed by atoms with Crippen LogP contribution in [0, 0.1) is 10.1 Å². The number of hydrogen-bond donors (Lipinski definition) is 1. The Hall–Kier alpha value is -2.37. The highest BCUT2D eigenvalue weighted by atomic mass is 16.6. The molecule has 0 saturated heterocycles. The van der Waals surface area contributed by atoms with Gasteiger partial charge in [-0.05, 0) is 18.2 Å². The number of benzene rings is 1. The summed E-state index contributed by atoms with van der Waals surface area (Å²) in [6.07, 6.45) is 1.37. The summed E-state index contributed by atoms with van der Waals surface area (Å²) in [7, 11) is 1.68. The average Bonchev–Trinajstić information content (AvgIpc) is 2.56. The van der Waals surface area contributed by atoms with Gasteiger partial charge in [0.15, 0.2) is 0 Å². The first-order valence-corrected chi connectivity index (χ1v) is 4.47. The molecule has 0 amide bonds. The summed E-state index contributed by atoms with van der Waals surface area (Å²) in [5, 5.41) is 19.9. The largest absolute Gasteiger partial charge is 0.478 e. The molecule has 0 bridgehead atoms. The number of aromatic carboxylic acids is 1. The molecule has 0 spiro atoms. The number of carboxylic acid groups (broad SMARTS) is 1. The van der Waals surface area contributed by atoms with Crippen molar-refractivity contribution in [3.05, 3.63) is 40.1 Å². The quantitative estimate of drug-likeness (QED) is 0.617. The zero-order valence-electron chi connectivity index (χ0n) is 8.38. The lowest BCUT2D eigenvalue weighted by atomic mass is 10.1. The molecule has 2 rings (SSSR count). The predicted molar refractivity (Wildman–Crippen MR) is 56.5 cm³/mol. The van der Waals surface area contributed by atoms with Crippen LogP contribution in [0.2, 0.25) is 0 Å². The molecule has 6 nitrogen and oxygen atoms in total. The van der Waals surface area contributed by atoms with Gasteiger partial charge in [-0.25, -0.2) is 4.79 Å². The molecule has 0 unspecified atom stereocenters. The Bertz CT molecular complexity index is 600. The van der Waals surface area contributed by atoms with Crippen molar-refractivity contribution in [1.82, 2.24) is 4.57 Å². The van der Waals surface area contributed by atoms with Gasteiger partial charge in [-0.3, -0.25) is 10.1 Å². The number of fused-ring (bicyclic) bond motifs is 1. The van der Waals surface area contributed by atoms with E-state index in [1.54, 1.807) is 17.7 Å². The molecule has 2 aromatic rings. The van der Waals surface area contributed by atoms with Crippen LogP contribution in [0.4, 0.5) is 5.69 Å². The molecule has 6 heteroatoms. The smallest absolute Gasteiger partial charge is 0.335 e. The van der Waals surface area contributed by atoms with Crippen LogP contribution < -0.4 is 0 Å². The van der Waals surface area contributed by atoms with Gasteiger partial charge < -0.3 is 9.67 Å². The van der Waals surface area contributed by atoms with Gasteiger partial charge in [-0.15, -0.1) is 0 Å². The van der Waals surface area contributed by atoms with Crippen molar-refractivity contribution in [1.29, 1.82) is 0 Å². The molecule has 1 N–H and O–H groups in total. The van der Waals surface area contributed by atoms with E-state index in [1.807, 2.05) is 0 Å². The number of hydrogen-bond acceptors (Lipinski definition) is 3. The summed E-state index contributed by atoms with van der Waals surface area (Å²) in [4.78, 5) is 21.0. The number of rotatable bonds is 2. The minimum atomic E-state index is -1.10. The maximum atomic E-state index is 10.8. The molecule has 0 aliphatic rings. The molecular weight excluding hydrogens is 212 g/mol. The van der Waals surface area contributed by atoms with Gasteiger partial charge in [0.2, 0.25) is 0 Å². The van der Waals surface area contributed by atoms with Crippen molar-refractivity contribution in [3.8, 4) is 0 Å². The van der Waals surface area contributed by atoms with Crippen molar-refractivity contribution in [2.45, 2.75) is 0 Å². The Labute approximate surface area is 89.9 Å². The molecule has 1 aromatic heterocycles. The van der Waals surface area contributed by atoms with E-state index in [9.17, 15) is 14.9 Å². The monoisotopic (exact) mass is 220 g/mol. The van der Waals surface area contributed by atoms with Crippen molar-refractivity contribution < 1.29 is 14.8 Å². The van der Waals surface area contributed by atoms with E-state index in [0.29, 0.717) is 10.9 Å². The first-order chi connectivity index (χ1) is 7.50. The van der Waals surface area contributed by atoms with Gasteiger partial charge in [-0.2, -0.15) is 0 Å². The number of nitrogens with zero attached hydrogens (tertiary/aromatic N) is 2. The van der Waals surface area contributed by atoms with Crippen LogP contribution in [0.25, 0.3) is 10.9 Å². The van der Waals surface area contributed by atoms with Crippen LogP contribution in [0.15, 0.2) is 24.4 Å². The Morgan fingerprint density at radius 2 is 2.19 bits per heavy atom. The van der Waals surface area contributed by atoms with Crippen molar-refractivity contribution in [2.24, 2.45) is 7.05 Å². The highest BCUT2D eigenvalue weighted by molar-refractivity contribution is 5.97. The highest BCUT2D eigenvalue weighted by Crippen LogP contribution is 2.27. The van der Waals surface area contributed by atoms with Gasteiger partial charge in [0, 0.05) is 7.05 Å². The summed E-state index contributed by atoms with van der Waals surface area (Å²) >= 11 is 0. The summed E-state index contributed by atoms with van der Waals surface area (Å²) < 4.78 is 1.60. The van der Waals surface area contributed by atoms with Crippen LogP contribution >= 0.6 is 0 Å². The van der Waals surface area contributed by atoms with E-state index in [2.05, 4.69) is 0 Å². The van der Waals surface area contributed by atoms with Crippen molar-refractivity contribution in [2.75, 3.05) is 0 Å². The summed E-state index contributed by atoms with van der Waals surface area (Å²) in [6, 6.07) is 4.30. The molecular formula is C10H8N2O4. The number of carbonyl (C=O) groups is 1. The fourth-order valence-electron chi connectivity index (χ4n) is 1.65. The van der Waals surface area contributed by atoms with E-state index in [-0.39, 0.29) is 11.3 Å². The minimum Gasteiger partial charge on any atom is -0.478 e. The second-order valence-electron chi connectivity index (χ2n) is 3.42. The summed E-state index contributed by atoms with van der Waals surface area (Å²) in [5.74, 6) is -1.10. The van der Waals surface area contributed by atoms with Crippen molar-refractivity contribution in [3.63, 3.8) is 0 Å². The van der Waals surface area contributed by atoms with E-state index >= 15 is 0 Å². The predicted octanol–water partition coefficient (Wildman–Crippen LogP) is 1.78. The number of aromatic nitrogens is 1. The van der Waals surface area contributed by atoms with Crippen LogP contribution in [-0.4, -0.2) is 20.6 Å². The van der Waals surface area contributed by atoms with E-state index in [4.69, 9.17) is 5.11 Å². The lowest BCUT2D eigenvalue weighted by Gasteiger charge is -1.96. The van der Waals surface area contributed by atoms with Crippen LogP contribution in [-0.2, 0) is 7.05 Å². The molecule has 0 saturated carbocycles. The van der Waals surface area contributed by atoms with Crippen molar-refractivity contribution >= 4 is 22.6 Å². The minimum absolute atomic E-state index is 0.0433. The zero-order chi connectivity index (χ0) is 11.9. The zero-order valence-corrected chi connectivity index (χ0v) is 8.38. The first kappa shape index (κ1) is 10.2. The third kappa shape index (κ3) is 1.40. The molecule has 1 aromatic carbocycles. The molecule has 0 atom stereocenters. The van der Waals surface area contributed by atoms with Crippen LogP contribution in [0.1, 0.15) is 10.4 Å². The van der Waals surface area contributed by atoms with Gasteiger partial charge in [0.25, 0.3) is 5.69 Å². The first-order valence-electron chi connectivity index (χ1n) is 4.47. The molecule has 0 aliphatic heterocycles. The molecule has 82 valence electrons. The third-order valence-electron chi connectivity index (χ3n) is 2.41. The second-order valence-corrected chi connectivity index (χ2v) is 3.42. The van der Waals surface area contributed by atoms with Crippen LogP contribution in [0.3, 0.4) is 0 Å². The lowest BCUT2D eigenvalue weighted by molar-refractivity contribution is -0.383. The Kier molecular flexibility index (Phi) is 2.12. The van der Waals surface area contributed by atoms with Gasteiger partial charge in [0.05, 0.1) is 27.6 Å². The molecule has 16 heavy (non-hydrogen) atoms. The fraction of sp³-hybridized carbons (Fsp3) is 0.100. The summed E-state index contributed by atoms with van der Waals surface area (Å²) in [6.45, 7) is 0. The van der Waals surface area contributed by atoms with Crippen LogP contribution in [0.5, 0.6) is 0 Å². The molecule has 0 fully saturated rings. The van der Waals surface area contributed by atoms with E-state index in [1.165, 1.54) is 18.3 Å². The van der Waals surface area contributed by atoms with E-state index in [0.717, 1.165) is 0 Å². The fourth-order valence-corrected chi connectivity index (χ4v) is 1.65. The Balaban J connectivity index is 2.79. The van der Waals surface area contributed by atoms with Gasteiger partial charge in [0.1, 0.15) is 0 Å². The molecule has 0 radical (unpaired) electrons. The SMILES string of the molecule is Cn1cc([N+](=O)[O-])c2cc(C(=O)O)ccc21. The molecule has 0 aliphatic carbocycles. The third-order valence-corrected chi connectivity index (χ3v) is 2.41. The normalized spacial score (nSPS) is 10.6. The Morgan fingerprint density at radius 1 is 1.50 bits per heavy atom. The van der Waals surface area contributed by atoms with Gasteiger partial charge in [-0.1, -0.05) is 0 Å². The topological polar surface area (TPSA) is 85.4 Å². The Morgan fingerprint density at radius 3 is 2.75 bits per heavy atom. The maximum absolute atomic E-state index is 10.8. The number of aryl methyl sites for hydroxylation is 1. The second kappa shape index (κ2) is 3.34. The summed E-state index contributed by atoms with van der Waals surface area (Å²) in [5.41, 5.74) is 0.596. The number of carboxylic acids is 1. The van der Waals surface area contributed by atoms with Gasteiger partial charge >= 0.3 is 5.97 Å².